The Bertz CT molecular complexity index is 548. The highest BCUT2D eigenvalue weighted by Gasteiger charge is 2.10. The summed E-state index contributed by atoms with van der Waals surface area (Å²) in [7, 11) is 3.42. The maximum Gasteiger partial charge on any atom is 0.323 e. The SMILES string of the molecule is CCc1cccc2sc(NC(=O)N(C)C)nc12. The van der Waals surface area contributed by atoms with Crippen molar-refractivity contribution >= 4 is 32.7 Å². The quantitative estimate of drug-likeness (QED) is 0.889. The lowest BCUT2D eigenvalue weighted by Gasteiger charge is -2.09. The van der Waals surface area contributed by atoms with Crippen molar-refractivity contribution < 1.29 is 4.79 Å². The molecule has 90 valence electrons. The third-order valence-electron chi connectivity index (χ3n) is 2.50. The summed E-state index contributed by atoms with van der Waals surface area (Å²) in [4.78, 5) is 17.5. The van der Waals surface area contributed by atoms with Crippen LogP contribution in [0.3, 0.4) is 0 Å². The molecule has 17 heavy (non-hydrogen) atoms. The lowest BCUT2D eigenvalue weighted by molar-refractivity contribution is 0.230. The Morgan fingerprint density at radius 2 is 2.24 bits per heavy atom. The van der Waals surface area contributed by atoms with Gasteiger partial charge in [-0.1, -0.05) is 30.4 Å². The number of aromatic nitrogens is 1. The summed E-state index contributed by atoms with van der Waals surface area (Å²) in [6.45, 7) is 2.10. The average molecular weight is 249 g/mol. The minimum Gasteiger partial charge on any atom is -0.331 e. The van der Waals surface area contributed by atoms with E-state index in [-0.39, 0.29) is 6.03 Å². The molecule has 1 heterocycles. The number of anilines is 1. The van der Waals surface area contributed by atoms with Crippen LogP contribution in [0, 0.1) is 0 Å². The number of fused-ring (bicyclic) bond motifs is 1. The number of carbonyl (C=O) groups excluding carboxylic acids is 1. The highest BCUT2D eigenvalue weighted by atomic mass is 32.1. The van der Waals surface area contributed by atoms with E-state index in [1.54, 1.807) is 14.1 Å². The molecule has 5 heteroatoms. The highest BCUT2D eigenvalue weighted by molar-refractivity contribution is 7.22. The Hall–Kier alpha value is -1.62. The van der Waals surface area contributed by atoms with Crippen LogP contribution in [0.25, 0.3) is 10.2 Å². The molecule has 4 nitrogen and oxygen atoms in total. The van der Waals surface area contributed by atoms with Gasteiger partial charge in [0.25, 0.3) is 0 Å². The van der Waals surface area contributed by atoms with Crippen molar-refractivity contribution in [3.05, 3.63) is 23.8 Å². The molecule has 2 rings (SSSR count). The normalized spacial score (nSPS) is 10.5. The maximum absolute atomic E-state index is 11.5. The van der Waals surface area contributed by atoms with Crippen LogP contribution in [0.1, 0.15) is 12.5 Å². The summed E-state index contributed by atoms with van der Waals surface area (Å²) in [5, 5.41) is 3.43. The number of benzene rings is 1. The second-order valence-corrected chi connectivity index (χ2v) is 4.99. The van der Waals surface area contributed by atoms with Gasteiger partial charge in [-0.15, -0.1) is 0 Å². The molecule has 0 atom stereocenters. The molecule has 0 saturated heterocycles. The number of urea groups is 1. The fraction of sp³-hybridized carbons (Fsp3) is 0.333. The van der Waals surface area contributed by atoms with Gasteiger partial charge in [-0.3, -0.25) is 5.32 Å². The lowest BCUT2D eigenvalue weighted by atomic mass is 10.1. The largest absolute Gasteiger partial charge is 0.331 e. The number of thiazole rings is 1. The summed E-state index contributed by atoms with van der Waals surface area (Å²) < 4.78 is 1.11. The van der Waals surface area contributed by atoms with Crippen LogP contribution in [-0.2, 0) is 6.42 Å². The number of amides is 2. The smallest absolute Gasteiger partial charge is 0.323 e. The number of hydrogen-bond acceptors (Lipinski definition) is 3. The zero-order chi connectivity index (χ0) is 12.4. The van der Waals surface area contributed by atoms with Crippen molar-refractivity contribution in [3.63, 3.8) is 0 Å². The van der Waals surface area contributed by atoms with E-state index in [9.17, 15) is 4.79 Å². The molecule has 1 N–H and O–H groups in total. The lowest BCUT2D eigenvalue weighted by Crippen LogP contribution is -2.27. The van der Waals surface area contributed by atoms with Crippen LogP contribution in [0.15, 0.2) is 18.2 Å². The van der Waals surface area contributed by atoms with Crippen molar-refractivity contribution in [2.45, 2.75) is 13.3 Å². The van der Waals surface area contributed by atoms with Gasteiger partial charge >= 0.3 is 6.03 Å². The number of hydrogen-bond donors (Lipinski definition) is 1. The first-order chi connectivity index (χ1) is 8.11. The molecule has 0 unspecified atom stereocenters. The summed E-state index contributed by atoms with van der Waals surface area (Å²) in [6.07, 6.45) is 0.947. The van der Waals surface area contributed by atoms with Gasteiger partial charge in [0.15, 0.2) is 5.13 Å². The van der Waals surface area contributed by atoms with Gasteiger partial charge in [0.05, 0.1) is 10.2 Å². The molecular weight excluding hydrogens is 234 g/mol. The number of nitrogens with zero attached hydrogens (tertiary/aromatic N) is 2. The first-order valence-electron chi connectivity index (χ1n) is 5.48. The minimum atomic E-state index is -0.151. The summed E-state index contributed by atoms with van der Waals surface area (Å²) in [6, 6.07) is 5.97. The van der Waals surface area contributed by atoms with Crippen LogP contribution in [-0.4, -0.2) is 30.0 Å². The predicted molar refractivity (Wildman–Crippen MR) is 71.7 cm³/mol. The van der Waals surface area contributed by atoms with Crippen LogP contribution >= 0.6 is 11.3 Å². The number of rotatable bonds is 2. The Morgan fingerprint density at radius 1 is 1.47 bits per heavy atom. The minimum absolute atomic E-state index is 0.151. The van der Waals surface area contributed by atoms with E-state index in [2.05, 4.69) is 23.3 Å². The van der Waals surface area contributed by atoms with Crippen molar-refractivity contribution in [1.82, 2.24) is 9.88 Å². The molecule has 2 aromatic rings. The average Bonchev–Trinajstić information content (AvgIpc) is 2.70. The zero-order valence-corrected chi connectivity index (χ0v) is 11.0. The van der Waals surface area contributed by atoms with Gasteiger partial charge in [-0.2, -0.15) is 0 Å². The van der Waals surface area contributed by atoms with Crippen molar-refractivity contribution in [2.75, 3.05) is 19.4 Å². The molecular formula is C12H15N3OS. The molecule has 0 spiro atoms. The van der Waals surface area contributed by atoms with Gasteiger partial charge in [0, 0.05) is 14.1 Å². The van der Waals surface area contributed by atoms with E-state index < -0.39 is 0 Å². The molecule has 0 fully saturated rings. The third kappa shape index (κ3) is 2.39. The Labute approximate surface area is 104 Å². The predicted octanol–water partition coefficient (Wildman–Crippen LogP) is 2.95. The second kappa shape index (κ2) is 4.71. The fourth-order valence-electron chi connectivity index (χ4n) is 1.55. The molecule has 2 amide bonds. The van der Waals surface area contributed by atoms with E-state index >= 15 is 0 Å². The molecule has 0 aliphatic carbocycles. The monoisotopic (exact) mass is 249 g/mol. The summed E-state index contributed by atoms with van der Waals surface area (Å²) in [5.41, 5.74) is 2.21. The molecule has 0 bridgehead atoms. The van der Waals surface area contributed by atoms with Crippen molar-refractivity contribution in [1.29, 1.82) is 0 Å². The summed E-state index contributed by atoms with van der Waals surface area (Å²) >= 11 is 1.50. The van der Waals surface area contributed by atoms with Crippen LogP contribution in [0.2, 0.25) is 0 Å². The van der Waals surface area contributed by atoms with Crippen molar-refractivity contribution in [3.8, 4) is 0 Å². The van der Waals surface area contributed by atoms with E-state index in [1.165, 1.54) is 21.8 Å². The van der Waals surface area contributed by atoms with Gasteiger partial charge in [0.1, 0.15) is 0 Å². The van der Waals surface area contributed by atoms with Crippen LogP contribution in [0.4, 0.5) is 9.93 Å². The van der Waals surface area contributed by atoms with E-state index in [1.807, 2.05) is 12.1 Å². The number of carbonyl (C=O) groups is 1. The Morgan fingerprint density at radius 3 is 2.88 bits per heavy atom. The standard InChI is InChI=1S/C12H15N3OS/c1-4-8-6-5-7-9-10(8)13-11(17-9)14-12(16)15(2)3/h5-7H,4H2,1-3H3,(H,13,14,16). The molecule has 0 saturated carbocycles. The Balaban J connectivity index is 2.35. The molecule has 1 aromatic heterocycles. The van der Waals surface area contributed by atoms with E-state index in [0.29, 0.717) is 5.13 Å². The van der Waals surface area contributed by atoms with Crippen LogP contribution < -0.4 is 5.32 Å². The first kappa shape index (κ1) is 11.9. The van der Waals surface area contributed by atoms with E-state index in [0.717, 1.165) is 16.6 Å². The Kier molecular flexibility index (Phi) is 3.28. The molecule has 1 aromatic carbocycles. The highest BCUT2D eigenvalue weighted by Crippen LogP contribution is 2.28. The molecule has 0 radical (unpaired) electrons. The first-order valence-corrected chi connectivity index (χ1v) is 6.30. The molecule has 0 aliphatic rings. The summed E-state index contributed by atoms with van der Waals surface area (Å²) in [5.74, 6) is 0. The number of para-hydroxylation sites is 1. The topological polar surface area (TPSA) is 45.2 Å². The van der Waals surface area contributed by atoms with Crippen LogP contribution in [0.5, 0.6) is 0 Å². The van der Waals surface area contributed by atoms with Gasteiger partial charge in [0.2, 0.25) is 0 Å². The number of nitrogens with one attached hydrogen (secondary N) is 1. The zero-order valence-electron chi connectivity index (χ0n) is 10.2. The maximum atomic E-state index is 11.5. The third-order valence-corrected chi connectivity index (χ3v) is 3.44. The van der Waals surface area contributed by atoms with E-state index in [4.69, 9.17) is 0 Å². The van der Waals surface area contributed by atoms with Gasteiger partial charge < -0.3 is 4.90 Å². The second-order valence-electron chi connectivity index (χ2n) is 3.96. The molecule has 0 aliphatic heterocycles. The number of aryl methyl sites for hydroxylation is 1. The van der Waals surface area contributed by atoms with Gasteiger partial charge in [-0.05, 0) is 18.1 Å². The fourth-order valence-corrected chi connectivity index (χ4v) is 2.45. The van der Waals surface area contributed by atoms with Crippen molar-refractivity contribution in [2.24, 2.45) is 0 Å². The van der Waals surface area contributed by atoms with Gasteiger partial charge in [-0.25, -0.2) is 9.78 Å².